The molecule has 6 nitrogen and oxygen atoms in total. The van der Waals surface area contributed by atoms with Crippen LogP contribution in [-0.4, -0.2) is 34.2 Å². The first-order chi connectivity index (χ1) is 13.5. The lowest BCUT2D eigenvalue weighted by molar-refractivity contribution is -0.121. The van der Waals surface area contributed by atoms with Crippen LogP contribution < -0.4 is 10.6 Å². The van der Waals surface area contributed by atoms with E-state index in [1.807, 2.05) is 42.8 Å². The first-order valence-corrected chi connectivity index (χ1v) is 10.7. The molecule has 2 N–H and O–H groups in total. The summed E-state index contributed by atoms with van der Waals surface area (Å²) in [6, 6.07) is 8.08. The zero-order valence-corrected chi connectivity index (χ0v) is 18.0. The molecular weight excluding hydrogens is 420 g/mol. The maximum Gasteiger partial charge on any atom is 0.272 e. The van der Waals surface area contributed by atoms with Crippen LogP contribution in [0.5, 0.6) is 0 Å². The number of amides is 2. The van der Waals surface area contributed by atoms with Crippen molar-refractivity contribution >= 4 is 27.7 Å². The number of aromatic nitrogens is 2. The van der Waals surface area contributed by atoms with E-state index in [0.29, 0.717) is 12.2 Å². The first kappa shape index (κ1) is 20.6. The van der Waals surface area contributed by atoms with Crippen LogP contribution in [0.2, 0.25) is 0 Å². The zero-order chi connectivity index (χ0) is 20.1. The minimum absolute atomic E-state index is 0.0451. The minimum atomic E-state index is -0.205. The second kappa shape index (κ2) is 9.37. The molecule has 2 amide bonds. The molecule has 0 bridgehead atoms. The lowest BCUT2D eigenvalue weighted by Crippen LogP contribution is -2.35. The van der Waals surface area contributed by atoms with E-state index in [9.17, 15) is 9.59 Å². The summed E-state index contributed by atoms with van der Waals surface area (Å²) in [5.74, 6) is -0.250. The van der Waals surface area contributed by atoms with Crippen LogP contribution in [0.15, 0.2) is 28.7 Å². The van der Waals surface area contributed by atoms with Crippen molar-refractivity contribution in [1.29, 1.82) is 0 Å². The number of hydrogen-bond acceptors (Lipinski definition) is 3. The van der Waals surface area contributed by atoms with Crippen molar-refractivity contribution in [1.82, 2.24) is 20.4 Å². The van der Waals surface area contributed by atoms with Gasteiger partial charge in [-0.2, -0.15) is 5.10 Å². The fraction of sp³-hybridized carbons (Fsp3) is 0.476. The van der Waals surface area contributed by atoms with Crippen molar-refractivity contribution in [2.24, 2.45) is 0 Å². The predicted molar refractivity (Wildman–Crippen MR) is 113 cm³/mol. The predicted octanol–water partition coefficient (Wildman–Crippen LogP) is 3.55. The largest absolute Gasteiger partial charge is 0.354 e. The van der Waals surface area contributed by atoms with Crippen LogP contribution in [0.3, 0.4) is 0 Å². The molecule has 1 aliphatic rings. The fourth-order valence-corrected chi connectivity index (χ4v) is 3.81. The fourth-order valence-electron chi connectivity index (χ4n) is 3.43. The molecule has 1 unspecified atom stereocenters. The third-order valence-corrected chi connectivity index (χ3v) is 5.60. The molecule has 0 saturated heterocycles. The van der Waals surface area contributed by atoms with Gasteiger partial charge in [0.1, 0.15) is 0 Å². The van der Waals surface area contributed by atoms with Gasteiger partial charge in [-0.1, -0.05) is 28.9 Å². The molecule has 1 aromatic heterocycles. The Morgan fingerprint density at radius 3 is 2.82 bits per heavy atom. The van der Waals surface area contributed by atoms with E-state index < -0.39 is 0 Å². The lowest BCUT2D eigenvalue weighted by Gasteiger charge is -2.14. The minimum Gasteiger partial charge on any atom is -0.354 e. The van der Waals surface area contributed by atoms with Gasteiger partial charge in [-0.3, -0.25) is 9.59 Å². The monoisotopic (exact) mass is 446 g/mol. The van der Waals surface area contributed by atoms with Crippen molar-refractivity contribution in [3.63, 3.8) is 0 Å². The van der Waals surface area contributed by atoms with E-state index >= 15 is 0 Å². The number of carbonyl (C=O) groups is 2. The standard InChI is InChI=1S/C21H27BrN4O2/c1-3-14(2)24-19(27)11-12-23-21(28)20-17-9-4-5-10-18(17)26(25-20)16-8-6-7-15(22)13-16/h6-8,13-14H,3-5,9-12H2,1-2H3,(H,23,28)(H,24,27). The Kier molecular flexibility index (Phi) is 6.88. The van der Waals surface area contributed by atoms with Gasteiger partial charge in [0.05, 0.1) is 5.69 Å². The molecule has 28 heavy (non-hydrogen) atoms. The van der Waals surface area contributed by atoms with Crippen LogP contribution in [0.1, 0.15) is 61.3 Å². The molecule has 2 aromatic rings. The smallest absolute Gasteiger partial charge is 0.272 e. The van der Waals surface area contributed by atoms with Crippen LogP contribution >= 0.6 is 15.9 Å². The molecule has 1 aromatic carbocycles. The summed E-state index contributed by atoms with van der Waals surface area (Å²) < 4.78 is 2.87. The van der Waals surface area contributed by atoms with Gasteiger partial charge in [0.15, 0.2) is 5.69 Å². The van der Waals surface area contributed by atoms with E-state index in [1.165, 1.54) is 0 Å². The van der Waals surface area contributed by atoms with E-state index in [4.69, 9.17) is 0 Å². The van der Waals surface area contributed by atoms with Crippen molar-refractivity contribution in [3.05, 3.63) is 45.7 Å². The summed E-state index contributed by atoms with van der Waals surface area (Å²) >= 11 is 3.50. The summed E-state index contributed by atoms with van der Waals surface area (Å²) in [5, 5.41) is 10.4. The first-order valence-electron chi connectivity index (χ1n) is 9.94. The van der Waals surface area contributed by atoms with Gasteiger partial charge in [0.2, 0.25) is 5.91 Å². The van der Waals surface area contributed by atoms with Crippen LogP contribution in [-0.2, 0) is 17.6 Å². The average molecular weight is 447 g/mol. The van der Waals surface area contributed by atoms with Crippen molar-refractivity contribution < 1.29 is 9.59 Å². The van der Waals surface area contributed by atoms with E-state index in [0.717, 1.165) is 53.5 Å². The Bertz CT molecular complexity index is 862. The molecule has 150 valence electrons. The zero-order valence-electron chi connectivity index (χ0n) is 16.4. The Hall–Kier alpha value is -2.15. The highest BCUT2D eigenvalue weighted by molar-refractivity contribution is 9.10. The molecule has 0 radical (unpaired) electrons. The number of carbonyl (C=O) groups excluding carboxylic acids is 2. The van der Waals surface area contributed by atoms with Crippen LogP contribution in [0.4, 0.5) is 0 Å². The van der Waals surface area contributed by atoms with E-state index in [2.05, 4.69) is 31.7 Å². The number of benzene rings is 1. The number of nitrogens with one attached hydrogen (secondary N) is 2. The average Bonchev–Trinajstić information content (AvgIpc) is 3.07. The SMILES string of the molecule is CCC(C)NC(=O)CCNC(=O)c1nn(-c2cccc(Br)c2)c2c1CCCC2. The second-order valence-electron chi connectivity index (χ2n) is 7.26. The Balaban J connectivity index is 1.73. The van der Waals surface area contributed by atoms with Crippen molar-refractivity contribution in [3.8, 4) is 5.69 Å². The second-order valence-corrected chi connectivity index (χ2v) is 8.17. The van der Waals surface area contributed by atoms with E-state index in [1.54, 1.807) is 0 Å². The van der Waals surface area contributed by atoms with Gasteiger partial charge in [0.25, 0.3) is 5.91 Å². The number of nitrogens with zero attached hydrogens (tertiary/aromatic N) is 2. The molecule has 0 fully saturated rings. The third kappa shape index (κ3) is 4.82. The molecule has 3 rings (SSSR count). The number of rotatable bonds is 7. The Labute approximate surface area is 174 Å². The van der Waals surface area contributed by atoms with Crippen LogP contribution in [0.25, 0.3) is 5.69 Å². The molecule has 1 aliphatic carbocycles. The van der Waals surface area contributed by atoms with Crippen LogP contribution in [0, 0.1) is 0 Å². The topological polar surface area (TPSA) is 76.0 Å². The number of hydrogen-bond donors (Lipinski definition) is 2. The third-order valence-electron chi connectivity index (χ3n) is 5.11. The highest BCUT2D eigenvalue weighted by Gasteiger charge is 2.25. The summed E-state index contributed by atoms with van der Waals surface area (Å²) in [5.41, 5.74) is 3.58. The molecule has 1 heterocycles. The van der Waals surface area contributed by atoms with E-state index in [-0.39, 0.29) is 24.3 Å². The van der Waals surface area contributed by atoms with Gasteiger partial charge in [-0.25, -0.2) is 4.68 Å². The van der Waals surface area contributed by atoms with Gasteiger partial charge >= 0.3 is 0 Å². The van der Waals surface area contributed by atoms with Gasteiger partial charge in [-0.15, -0.1) is 0 Å². The lowest BCUT2D eigenvalue weighted by atomic mass is 9.95. The number of fused-ring (bicyclic) bond motifs is 1. The molecular formula is C21H27BrN4O2. The number of halogens is 1. The van der Waals surface area contributed by atoms with Crippen molar-refractivity contribution in [2.75, 3.05) is 6.54 Å². The maximum absolute atomic E-state index is 12.8. The summed E-state index contributed by atoms with van der Waals surface area (Å²) in [6.07, 6.45) is 5.10. The molecule has 7 heteroatoms. The summed E-state index contributed by atoms with van der Waals surface area (Å²) in [4.78, 5) is 24.7. The Morgan fingerprint density at radius 2 is 2.07 bits per heavy atom. The molecule has 1 atom stereocenters. The molecule has 0 aliphatic heterocycles. The van der Waals surface area contributed by atoms with Gasteiger partial charge < -0.3 is 10.6 Å². The normalized spacial score (nSPS) is 14.2. The highest BCUT2D eigenvalue weighted by atomic mass is 79.9. The van der Waals surface area contributed by atoms with Crippen molar-refractivity contribution in [2.45, 2.75) is 58.4 Å². The Morgan fingerprint density at radius 1 is 1.29 bits per heavy atom. The summed E-state index contributed by atoms with van der Waals surface area (Å²) in [6.45, 7) is 4.30. The van der Waals surface area contributed by atoms with Gasteiger partial charge in [-0.05, 0) is 57.2 Å². The molecule has 0 spiro atoms. The van der Waals surface area contributed by atoms with Gasteiger partial charge in [0, 0.05) is 34.7 Å². The summed E-state index contributed by atoms with van der Waals surface area (Å²) in [7, 11) is 0. The highest BCUT2D eigenvalue weighted by Crippen LogP contribution is 2.27. The maximum atomic E-state index is 12.8. The molecule has 0 saturated carbocycles. The quantitative estimate of drug-likeness (QED) is 0.682.